The second kappa shape index (κ2) is 10.1. The first-order valence-electron chi connectivity index (χ1n) is 8.95. The molecule has 168 valence electrons. The smallest absolute Gasteiger partial charge is 0.333 e. The number of carbonyl (C=O) groups is 2. The van der Waals surface area contributed by atoms with Crippen LogP contribution in [-0.2, 0) is 21.9 Å². The Hall–Kier alpha value is -2.69. The third kappa shape index (κ3) is 7.20. The molecule has 0 bridgehead atoms. The fraction of sp³-hybridized carbons (Fsp3) is 0.300. The Morgan fingerprint density at radius 1 is 0.968 bits per heavy atom. The number of benzene rings is 2. The van der Waals surface area contributed by atoms with Crippen LogP contribution in [0.3, 0.4) is 0 Å². The summed E-state index contributed by atoms with van der Waals surface area (Å²) in [6, 6.07) is 8.91. The van der Waals surface area contributed by atoms with Crippen molar-refractivity contribution in [3.63, 3.8) is 0 Å². The third-order valence-electron chi connectivity index (χ3n) is 4.10. The largest absolute Gasteiger partial charge is 0.418 e. The molecule has 0 saturated carbocycles. The molecular formula is C20H18F6N2O2S. The summed E-state index contributed by atoms with van der Waals surface area (Å²) in [5, 5.41) is 2.15. The average Bonchev–Trinajstić information content (AvgIpc) is 2.69. The van der Waals surface area contributed by atoms with Crippen LogP contribution in [-0.4, -0.2) is 35.6 Å². The van der Waals surface area contributed by atoms with Crippen molar-refractivity contribution in [2.24, 2.45) is 0 Å². The number of hydrogen-bond acceptors (Lipinski definition) is 3. The maximum absolute atomic E-state index is 13.0. The van der Waals surface area contributed by atoms with Gasteiger partial charge in [-0.2, -0.15) is 26.3 Å². The zero-order valence-electron chi connectivity index (χ0n) is 16.2. The van der Waals surface area contributed by atoms with E-state index in [9.17, 15) is 35.9 Å². The van der Waals surface area contributed by atoms with Crippen LogP contribution in [0.4, 0.5) is 32.0 Å². The van der Waals surface area contributed by atoms with Crippen molar-refractivity contribution in [3.8, 4) is 0 Å². The quantitative estimate of drug-likeness (QED) is 0.447. The fourth-order valence-electron chi connectivity index (χ4n) is 2.58. The van der Waals surface area contributed by atoms with Gasteiger partial charge < -0.3 is 10.2 Å². The van der Waals surface area contributed by atoms with Gasteiger partial charge in [0, 0.05) is 11.4 Å². The van der Waals surface area contributed by atoms with Crippen molar-refractivity contribution in [1.82, 2.24) is 4.90 Å². The number of nitrogens with zero attached hydrogens (tertiary/aromatic N) is 1. The van der Waals surface area contributed by atoms with Crippen LogP contribution in [0.15, 0.2) is 53.4 Å². The predicted molar refractivity (Wildman–Crippen MR) is 104 cm³/mol. The number of anilines is 1. The Morgan fingerprint density at radius 3 is 2.26 bits per heavy atom. The highest BCUT2D eigenvalue weighted by Gasteiger charge is 2.34. The van der Waals surface area contributed by atoms with E-state index in [0.29, 0.717) is 0 Å². The lowest BCUT2D eigenvalue weighted by molar-refractivity contribution is -0.138. The summed E-state index contributed by atoms with van der Waals surface area (Å²) in [6.45, 7) is 1.17. The second-order valence-corrected chi connectivity index (χ2v) is 7.36. The van der Waals surface area contributed by atoms with Gasteiger partial charge in [0.05, 0.1) is 29.1 Å². The highest BCUT2D eigenvalue weighted by Crippen LogP contribution is 2.34. The van der Waals surface area contributed by atoms with Gasteiger partial charge in [-0.15, -0.1) is 11.8 Å². The molecule has 0 aliphatic heterocycles. The molecule has 0 heterocycles. The Bertz CT molecular complexity index is 930. The number of carbonyl (C=O) groups excluding carboxylic acids is 2. The number of likely N-dealkylation sites (N-methyl/N-ethyl adjacent to an activating group) is 1. The van der Waals surface area contributed by atoms with Gasteiger partial charge in [0.25, 0.3) is 0 Å². The van der Waals surface area contributed by atoms with Gasteiger partial charge >= 0.3 is 12.4 Å². The van der Waals surface area contributed by atoms with Crippen molar-refractivity contribution >= 4 is 29.3 Å². The van der Waals surface area contributed by atoms with Crippen LogP contribution in [0.2, 0.25) is 0 Å². The van der Waals surface area contributed by atoms with Crippen LogP contribution >= 0.6 is 11.8 Å². The first-order chi connectivity index (χ1) is 14.4. The van der Waals surface area contributed by atoms with E-state index >= 15 is 0 Å². The van der Waals surface area contributed by atoms with E-state index in [4.69, 9.17) is 0 Å². The predicted octanol–water partition coefficient (Wildman–Crippen LogP) is 5.30. The number of thioether (sulfide) groups is 1. The minimum atomic E-state index is -4.66. The lowest BCUT2D eigenvalue weighted by Crippen LogP contribution is -2.39. The zero-order valence-corrected chi connectivity index (χ0v) is 17.0. The standard InChI is InChI=1S/C20H18F6N2O2S/c1-2-28(11-17(29)27-16-9-4-3-8-15(16)20(24,25)26)18(30)12-31-14-7-5-6-13(10-14)19(21,22)23/h3-10H,2,11-12H2,1H3,(H,27,29). The van der Waals surface area contributed by atoms with Crippen LogP contribution in [0.1, 0.15) is 18.1 Å². The summed E-state index contributed by atoms with van der Waals surface area (Å²) >= 11 is 0.868. The summed E-state index contributed by atoms with van der Waals surface area (Å²) in [5.74, 6) is -1.60. The number of nitrogens with one attached hydrogen (secondary N) is 1. The number of halogens is 6. The molecule has 0 aromatic heterocycles. The number of alkyl halides is 6. The first kappa shape index (κ1) is 24.6. The molecule has 2 aromatic rings. The van der Waals surface area contributed by atoms with Gasteiger partial charge in [-0.1, -0.05) is 18.2 Å². The van der Waals surface area contributed by atoms with Gasteiger partial charge in [0.15, 0.2) is 0 Å². The van der Waals surface area contributed by atoms with E-state index in [1.165, 1.54) is 24.3 Å². The van der Waals surface area contributed by atoms with Gasteiger partial charge in [-0.05, 0) is 37.3 Å². The van der Waals surface area contributed by atoms with E-state index in [2.05, 4.69) is 5.32 Å². The second-order valence-electron chi connectivity index (χ2n) is 6.31. The summed E-state index contributed by atoms with van der Waals surface area (Å²) < 4.78 is 77.4. The van der Waals surface area contributed by atoms with Crippen molar-refractivity contribution in [3.05, 3.63) is 59.7 Å². The highest BCUT2D eigenvalue weighted by molar-refractivity contribution is 8.00. The molecule has 2 aromatic carbocycles. The molecule has 0 spiro atoms. The number of rotatable bonds is 7. The monoisotopic (exact) mass is 464 g/mol. The van der Waals surface area contributed by atoms with Crippen molar-refractivity contribution in [2.75, 3.05) is 24.2 Å². The van der Waals surface area contributed by atoms with E-state index in [1.807, 2.05) is 0 Å². The molecule has 0 unspecified atom stereocenters. The molecule has 11 heteroatoms. The highest BCUT2D eigenvalue weighted by atomic mass is 32.2. The lowest BCUT2D eigenvalue weighted by Gasteiger charge is -2.21. The molecule has 0 aliphatic rings. The molecule has 0 radical (unpaired) electrons. The lowest BCUT2D eigenvalue weighted by atomic mass is 10.1. The molecule has 2 rings (SSSR count). The summed E-state index contributed by atoms with van der Waals surface area (Å²) in [6.07, 6.45) is -9.17. The molecule has 2 amide bonds. The molecule has 31 heavy (non-hydrogen) atoms. The first-order valence-corrected chi connectivity index (χ1v) is 9.94. The number of para-hydroxylation sites is 1. The zero-order chi connectivity index (χ0) is 23.2. The normalized spacial score (nSPS) is 11.8. The van der Waals surface area contributed by atoms with E-state index < -0.39 is 47.5 Å². The van der Waals surface area contributed by atoms with E-state index in [-0.39, 0.29) is 17.2 Å². The molecule has 0 saturated heterocycles. The summed E-state index contributed by atoms with van der Waals surface area (Å²) in [4.78, 5) is 25.9. The molecule has 0 atom stereocenters. The molecular weight excluding hydrogens is 446 g/mol. The Labute approximate surface area is 178 Å². The average molecular weight is 464 g/mol. The number of hydrogen-bond donors (Lipinski definition) is 1. The Kier molecular flexibility index (Phi) is 7.99. The third-order valence-corrected chi connectivity index (χ3v) is 5.08. The van der Waals surface area contributed by atoms with Crippen LogP contribution in [0.25, 0.3) is 0 Å². The van der Waals surface area contributed by atoms with Gasteiger partial charge in [0.1, 0.15) is 0 Å². The van der Waals surface area contributed by atoms with E-state index in [0.717, 1.165) is 40.9 Å². The molecule has 0 aliphatic carbocycles. The van der Waals surface area contributed by atoms with Crippen LogP contribution in [0, 0.1) is 0 Å². The Morgan fingerprint density at radius 2 is 1.65 bits per heavy atom. The van der Waals surface area contributed by atoms with Gasteiger partial charge in [0.2, 0.25) is 11.8 Å². The van der Waals surface area contributed by atoms with Crippen molar-refractivity contribution in [2.45, 2.75) is 24.2 Å². The molecule has 4 nitrogen and oxygen atoms in total. The minimum Gasteiger partial charge on any atom is -0.333 e. The SMILES string of the molecule is CCN(CC(=O)Nc1ccccc1C(F)(F)F)C(=O)CSc1cccc(C(F)(F)F)c1. The summed E-state index contributed by atoms with van der Waals surface area (Å²) in [5.41, 5.74) is -2.29. The number of amides is 2. The maximum Gasteiger partial charge on any atom is 0.418 e. The minimum absolute atomic E-state index is 0.0936. The Balaban J connectivity index is 1.99. The van der Waals surface area contributed by atoms with Crippen LogP contribution in [0.5, 0.6) is 0 Å². The van der Waals surface area contributed by atoms with Crippen LogP contribution < -0.4 is 5.32 Å². The maximum atomic E-state index is 13.0. The molecule has 1 N–H and O–H groups in total. The fourth-order valence-corrected chi connectivity index (χ4v) is 3.44. The van der Waals surface area contributed by atoms with Gasteiger partial charge in [-0.3, -0.25) is 9.59 Å². The van der Waals surface area contributed by atoms with Crippen molar-refractivity contribution < 1.29 is 35.9 Å². The van der Waals surface area contributed by atoms with Gasteiger partial charge in [-0.25, -0.2) is 0 Å². The topological polar surface area (TPSA) is 49.4 Å². The molecule has 0 fully saturated rings. The van der Waals surface area contributed by atoms with Crippen molar-refractivity contribution in [1.29, 1.82) is 0 Å². The summed E-state index contributed by atoms with van der Waals surface area (Å²) in [7, 11) is 0. The van der Waals surface area contributed by atoms with E-state index in [1.54, 1.807) is 6.92 Å².